The van der Waals surface area contributed by atoms with Crippen molar-refractivity contribution >= 4 is 11.7 Å². The van der Waals surface area contributed by atoms with Crippen LogP contribution in [-0.4, -0.2) is 32.2 Å². The van der Waals surface area contributed by atoms with Gasteiger partial charge in [-0.15, -0.1) is 0 Å². The van der Waals surface area contributed by atoms with Gasteiger partial charge in [0.25, 0.3) is 0 Å². The molecule has 2 atom stereocenters. The van der Waals surface area contributed by atoms with Gasteiger partial charge in [-0.2, -0.15) is 13.2 Å². The molecule has 1 aliphatic rings. The summed E-state index contributed by atoms with van der Waals surface area (Å²) in [4.78, 5) is 24.9. The SMILES string of the molecule is Cc1cc(NC(=O)N[C@@H]2c3ccccc3C(C)(C)C[C@H]2O)c(-c2ccccc2)nc1-c1cnc(C(F)(F)F)nc1. The van der Waals surface area contributed by atoms with Gasteiger partial charge in [-0.25, -0.2) is 19.7 Å². The highest BCUT2D eigenvalue weighted by Crippen LogP contribution is 2.41. The number of rotatable bonds is 4. The average Bonchev–Trinajstić information content (AvgIpc) is 2.91. The molecule has 40 heavy (non-hydrogen) atoms. The Hall–Kier alpha value is -4.31. The number of nitrogens with zero attached hydrogens (tertiary/aromatic N) is 3. The van der Waals surface area contributed by atoms with Crippen LogP contribution in [0.1, 0.15) is 48.8 Å². The third-order valence-corrected chi connectivity index (χ3v) is 7.10. The number of nitrogens with one attached hydrogen (secondary N) is 2. The molecule has 0 saturated heterocycles. The van der Waals surface area contributed by atoms with Crippen LogP contribution in [0.5, 0.6) is 0 Å². The van der Waals surface area contributed by atoms with E-state index in [-0.39, 0.29) is 5.41 Å². The first-order valence-electron chi connectivity index (χ1n) is 12.8. The normalized spacial score (nSPS) is 18.1. The Labute approximate surface area is 229 Å². The molecule has 0 spiro atoms. The summed E-state index contributed by atoms with van der Waals surface area (Å²) in [6, 6.07) is 17.4. The van der Waals surface area contributed by atoms with Gasteiger partial charge < -0.3 is 15.7 Å². The molecule has 2 aromatic carbocycles. The summed E-state index contributed by atoms with van der Waals surface area (Å²) < 4.78 is 38.9. The molecule has 0 saturated carbocycles. The van der Waals surface area contributed by atoms with Gasteiger partial charge in [-0.1, -0.05) is 68.4 Å². The summed E-state index contributed by atoms with van der Waals surface area (Å²) in [5.74, 6) is -1.23. The Morgan fingerprint density at radius 1 is 0.975 bits per heavy atom. The summed E-state index contributed by atoms with van der Waals surface area (Å²) in [5.41, 5.74) is 4.48. The minimum Gasteiger partial charge on any atom is -0.391 e. The predicted octanol–water partition coefficient (Wildman–Crippen LogP) is 6.44. The molecule has 1 aliphatic carbocycles. The van der Waals surface area contributed by atoms with Crippen molar-refractivity contribution in [2.75, 3.05) is 5.32 Å². The van der Waals surface area contributed by atoms with Crippen LogP contribution in [0.3, 0.4) is 0 Å². The lowest BCUT2D eigenvalue weighted by Gasteiger charge is -2.40. The zero-order valence-electron chi connectivity index (χ0n) is 22.1. The minimum absolute atomic E-state index is 0.246. The molecule has 5 rings (SSSR count). The Bertz CT molecular complexity index is 1540. The van der Waals surface area contributed by atoms with Gasteiger partial charge in [0, 0.05) is 23.5 Å². The zero-order valence-corrected chi connectivity index (χ0v) is 22.1. The van der Waals surface area contributed by atoms with Gasteiger partial charge in [0.1, 0.15) is 0 Å². The van der Waals surface area contributed by atoms with Crippen LogP contribution in [-0.2, 0) is 11.6 Å². The number of alkyl halides is 3. The molecular weight excluding hydrogens is 519 g/mol. The molecule has 2 heterocycles. The molecule has 0 unspecified atom stereocenters. The number of benzene rings is 2. The number of carbonyl (C=O) groups excluding carboxylic acids is 1. The highest BCUT2D eigenvalue weighted by Gasteiger charge is 2.39. The number of carbonyl (C=O) groups is 1. The molecule has 3 N–H and O–H groups in total. The van der Waals surface area contributed by atoms with Crippen LogP contribution in [0.25, 0.3) is 22.5 Å². The van der Waals surface area contributed by atoms with E-state index in [9.17, 15) is 23.1 Å². The highest BCUT2D eigenvalue weighted by atomic mass is 19.4. The number of aliphatic hydroxyl groups excluding tert-OH is 1. The Morgan fingerprint density at radius 3 is 2.30 bits per heavy atom. The number of aliphatic hydroxyl groups is 1. The third kappa shape index (κ3) is 5.40. The van der Waals surface area contributed by atoms with Gasteiger partial charge in [0.15, 0.2) is 0 Å². The second-order valence-electron chi connectivity index (χ2n) is 10.5. The molecular formula is C30H28F3N5O2. The molecule has 0 bridgehead atoms. The molecule has 2 aromatic heterocycles. The summed E-state index contributed by atoms with van der Waals surface area (Å²) in [5, 5.41) is 16.7. The van der Waals surface area contributed by atoms with Crippen LogP contribution < -0.4 is 10.6 Å². The number of fused-ring (bicyclic) bond motifs is 1. The van der Waals surface area contributed by atoms with E-state index in [4.69, 9.17) is 4.98 Å². The number of pyridine rings is 1. The Balaban J connectivity index is 1.48. The van der Waals surface area contributed by atoms with E-state index in [0.29, 0.717) is 40.2 Å². The number of anilines is 1. The number of urea groups is 1. The van der Waals surface area contributed by atoms with Crippen molar-refractivity contribution in [3.8, 4) is 22.5 Å². The number of aromatic nitrogens is 3. The van der Waals surface area contributed by atoms with Crippen molar-refractivity contribution in [1.82, 2.24) is 20.3 Å². The molecule has 0 aliphatic heterocycles. The third-order valence-electron chi connectivity index (χ3n) is 7.10. The fraction of sp³-hybridized carbons (Fsp3) is 0.267. The number of hydrogen-bond donors (Lipinski definition) is 3. The van der Waals surface area contributed by atoms with Gasteiger partial charge in [-0.3, -0.25) is 0 Å². The largest absolute Gasteiger partial charge is 0.451 e. The first-order chi connectivity index (χ1) is 18.9. The van der Waals surface area contributed by atoms with Gasteiger partial charge in [0.05, 0.1) is 29.2 Å². The van der Waals surface area contributed by atoms with E-state index in [0.717, 1.165) is 23.5 Å². The zero-order chi connectivity index (χ0) is 28.7. The first kappa shape index (κ1) is 27.3. The van der Waals surface area contributed by atoms with Crippen LogP contribution in [0.4, 0.5) is 23.7 Å². The maximum absolute atomic E-state index is 13.3. The summed E-state index contributed by atoms with van der Waals surface area (Å²) in [7, 11) is 0. The van der Waals surface area contributed by atoms with E-state index in [1.54, 1.807) is 13.0 Å². The van der Waals surface area contributed by atoms with Crippen molar-refractivity contribution in [3.05, 3.63) is 95.6 Å². The summed E-state index contributed by atoms with van der Waals surface area (Å²) in [6.45, 7) is 5.87. The van der Waals surface area contributed by atoms with E-state index < -0.39 is 30.2 Å². The molecule has 0 fully saturated rings. The lowest BCUT2D eigenvalue weighted by molar-refractivity contribution is -0.144. The van der Waals surface area contributed by atoms with E-state index in [1.807, 2.05) is 54.6 Å². The standard InChI is InChI=1S/C30H28F3N5O2/c1-17-13-22(36-28(40)38-26-20-11-7-8-12-21(20)29(2,3)14-23(26)39)25(18-9-5-4-6-10-18)37-24(17)19-15-34-27(35-16-19)30(31,32)33/h4-13,15-16,23,26,39H,14H2,1-3H3,(H2,36,38,40)/t23-,26-/m1/s1. The minimum atomic E-state index is -4.65. The van der Waals surface area contributed by atoms with Crippen LogP contribution in [0.15, 0.2) is 73.1 Å². The maximum Gasteiger partial charge on any atom is 0.451 e. The van der Waals surface area contributed by atoms with Crippen molar-refractivity contribution in [3.63, 3.8) is 0 Å². The quantitative estimate of drug-likeness (QED) is 0.273. The predicted molar refractivity (Wildman–Crippen MR) is 145 cm³/mol. The van der Waals surface area contributed by atoms with E-state index >= 15 is 0 Å². The van der Waals surface area contributed by atoms with E-state index in [1.165, 1.54) is 0 Å². The fourth-order valence-electron chi connectivity index (χ4n) is 5.23. The molecule has 206 valence electrons. The lowest BCUT2D eigenvalue weighted by atomic mass is 9.70. The van der Waals surface area contributed by atoms with Gasteiger partial charge >= 0.3 is 12.2 Å². The summed E-state index contributed by atoms with van der Waals surface area (Å²) >= 11 is 0. The topological polar surface area (TPSA) is 100 Å². The average molecular weight is 548 g/mol. The molecule has 4 aromatic rings. The molecule has 7 nitrogen and oxygen atoms in total. The molecule has 0 radical (unpaired) electrons. The van der Waals surface area contributed by atoms with Crippen molar-refractivity contribution < 1.29 is 23.1 Å². The maximum atomic E-state index is 13.3. The van der Waals surface area contributed by atoms with Crippen molar-refractivity contribution in [2.24, 2.45) is 0 Å². The van der Waals surface area contributed by atoms with Crippen LogP contribution in [0, 0.1) is 6.92 Å². The van der Waals surface area contributed by atoms with Crippen molar-refractivity contribution in [1.29, 1.82) is 0 Å². The second-order valence-corrected chi connectivity index (χ2v) is 10.5. The van der Waals surface area contributed by atoms with Gasteiger partial charge in [0.2, 0.25) is 5.82 Å². The monoisotopic (exact) mass is 547 g/mol. The fourth-order valence-corrected chi connectivity index (χ4v) is 5.23. The van der Waals surface area contributed by atoms with Crippen LogP contribution in [0.2, 0.25) is 0 Å². The number of hydrogen-bond acceptors (Lipinski definition) is 5. The van der Waals surface area contributed by atoms with E-state index in [2.05, 4.69) is 34.4 Å². The van der Waals surface area contributed by atoms with Crippen LogP contribution >= 0.6 is 0 Å². The number of aryl methyl sites for hydroxylation is 1. The second kappa shape index (κ2) is 10.3. The Kier molecular flexibility index (Phi) is 7.05. The summed E-state index contributed by atoms with van der Waals surface area (Å²) in [6.07, 6.45) is -2.79. The highest BCUT2D eigenvalue weighted by molar-refractivity contribution is 5.94. The lowest BCUT2D eigenvalue weighted by Crippen LogP contribution is -2.45. The van der Waals surface area contributed by atoms with Crippen molar-refractivity contribution in [2.45, 2.75) is 50.9 Å². The Morgan fingerprint density at radius 2 is 1.62 bits per heavy atom. The molecule has 10 heteroatoms. The first-order valence-corrected chi connectivity index (χ1v) is 12.8. The number of amides is 2. The van der Waals surface area contributed by atoms with Gasteiger partial charge in [-0.05, 0) is 41.5 Å². The molecule has 2 amide bonds. The smallest absolute Gasteiger partial charge is 0.391 e. The number of halogens is 3.